The number of hydrogen-bond donors (Lipinski definition) is 0. The van der Waals surface area contributed by atoms with Crippen LogP contribution in [0.2, 0.25) is 5.02 Å². The van der Waals surface area contributed by atoms with E-state index in [0.717, 1.165) is 50.3 Å². The van der Waals surface area contributed by atoms with Crippen molar-refractivity contribution < 1.29 is 14.4 Å². The fourth-order valence-corrected chi connectivity index (χ4v) is 3.52. The second-order valence-electron chi connectivity index (χ2n) is 5.70. The van der Waals surface area contributed by atoms with Crippen molar-refractivity contribution in [1.82, 2.24) is 4.90 Å². The van der Waals surface area contributed by atoms with Gasteiger partial charge in [0.15, 0.2) is 0 Å². The quantitative estimate of drug-likeness (QED) is 0.626. The highest BCUT2D eigenvalue weighted by molar-refractivity contribution is 6.31. The smallest absolute Gasteiger partial charge is 0.271 e. The lowest BCUT2D eigenvalue weighted by Gasteiger charge is -2.32. The molecule has 0 unspecified atom stereocenters. The number of rotatable bonds is 3. The molecule has 2 aliphatic rings. The van der Waals surface area contributed by atoms with E-state index in [-0.39, 0.29) is 11.7 Å². The lowest BCUT2D eigenvalue weighted by Crippen LogP contribution is -2.42. The second-order valence-corrected chi connectivity index (χ2v) is 6.11. The summed E-state index contributed by atoms with van der Waals surface area (Å²) in [5.74, 6) is 0.652. The van der Waals surface area contributed by atoms with Crippen LogP contribution in [0, 0.1) is 10.1 Å². The molecule has 0 N–H and O–H groups in total. The molecular formula is C16H19ClN2O4. The van der Waals surface area contributed by atoms with E-state index in [1.165, 1.54) is 6.07 Å². The maximum Gasteiger partial charge on any atom is 0.271 e. The highest BCUT2D eigenvalue weighted by Crippen LogP contribution is 2.35. The Labute approximate surface area is 139 Å². The van der Waals surface area contributed by atoms with Crippen molar-refractivity contribution in [3.63, 3.8) is 0 Å². The number of nitro benzene ring substituents is 1. The first-order chi connectivity index (χ1) is 11.1. The first-order valence-electron chi connectivity index (χ1n) is 7.65. The van der Waals surface area contributed by atoms with Crippen molar-refractivity contribution in [3.05, 3.63) is 44.5 Å². The van der Waals surface area contributed by atoms with Crippen LogP contribution in [-0.2, 0) is 15.9 Å². The summed E-state index contributed by atoms with van der Waals surface area (Å²) >= 11 is 6.30. The molecule has 1 aromatic carbocycles. The van der Waals surface area contributed by atoms with E-state index in [1.807, 2.05) is 0 Å². The van der Waals surface area contributed by atoms with Crippen LogP contribution in [0.3, 0.4) is 0 Å². The van der Waals surface area contributed by atoms with Gasteiger partial charge in [0, 0.05) is 36.8 Å². The number of non-ortho nitro benzene ring substituents is 1. The van der Waals surface area contributed by atoms with Gasteiger partial charge in [-0.05, 0) is 24.5 Å². The number of fused-ring (bicyclic) bond motifs is 1. The Balaban J connectivity index is 1.98. The summed E-state index contributed by atoms with van der Waals surface area (Å²) in [6, 6.07) is 3.19. The van der Waals surface area contributed by atoms with E-state index < -0.39 is 4.92 Å². The number of methoxy groups -OCH3 is 1. The number of hydrogen-bond acceptors (Lipinski definition) is 5. The predicted octanol–water partition coefficient (Wildman–Crippen LogP) is 2.88. The minimum Gasteiger partial charge on any atom is -0.496 e. The Hall–Kier alpha value is -1.63. The number of morpholine rings is 1. The molecule has 1 aromatic rings. The third-order valence-corrected chi connectivity index (χ3v) is 4.76. The Bertz CT molecular complexity index is 641. The molecule has 1 fully saturated rings. The van der Waals surface area contributed by atoms with Crippen LogP contribution in [0.15, 0.2) is 18.2 Å². The van der Waals surface area contributed by atoms with Gasteiger partial charge in [-0.15, -0.1) is 0 Å². The lowest BCUT2D eigenvalue weighted by molar-refractivity contribution is -0.384. The van der Waals surface area contributed by atoms with Crippen molar-refractivity contribution >= 4 is 23.0 Å². The van der Waals surface area contributed by atoms with Gasteiger partial charge in [-0.1, -0.05) is 11.6 Å². The maximum absolute atomic E-state index is 11.1. The van der Waals surface area contributed by atoms with E-state index in [1.54, 1.807) is 13.2 Å². The molecule has 6 nitrogen and oxygen atoms in total. The molecular weight excluding hydrogens is 320 g/mol. The molecule has 0 aromatic heterocycles. The summed E-state index contributed by atoms with van der Waals surface area (Å²) < 4.78 is 10.9. The molecule has 3 rings (SSSR count). The largest absolute Gasteiger partial charge is 0.496 e. The van der Waals surface area contributed by atoms with Gasteiger partial charge in [-0.3, -0.25) is 15.0 Å². The Morgan fingerprint density at radius 1 is 1.39 bits per heavy atom. The topological polar surface area (TPSA) is 64.8 Å². The zero-order chi connectivity index (χ0) is 16.4. The fourth-order valence-electron chi connectivity index (χ4n) is 3.22. The molecule has 0 bridgehead atoms. The predicted molar refractivity (Wildman–Crippen MR) is 87.6 cm³/mol. The SMILES string of the molecule is COC1=C[C@@H](N2CCOCC2)CCc2c(Cl)cc([N+](=O)[O-])cc21. The van der Waals surface area contributed by atoms with E-state index in [9.17, 15) is 10.1 Å². The third kappa shape index (κ3) is 3.34. The minimum atomic E-state index is -0.427. The van der Waals surface area contributed by atoms with Gasteiger partial charge < -0.3 is 9.47 Å². The zero-order valence-electron chi connectivity index (χ0n) is 13.0. The molecule has 1 aliphatic heterocycles. The molecule has 23 heavy (non-hydrogen) atoms. The second kappa shape index (κ2) is 6.86. The van der Waals surface area contributed by atoms with Crippen LogP contribution in [-0.4, -0.2) is 49.3 Å². The lowest BCUT2D eigenvalue weighted by atomic mass is 10.0. The van der Waals surface area contributed by atoms with E-state index >= 15 is 0 Å². The van der Waals surface area contributed by atoms with Gasteiger partial charge in [0.05, 0.1) is 30.3 Å². The van der Waals surface area contributed by atoms with E-state index in [2.05, 4.69) is 11.0 Å². The van der Waals surface area contributed by atoms with Gasteiger partial charge in [-0.25, -0.2) is 0 Å². The molecule has 1 atom stereocenters. The average molecular weight is 339 g/mol. The van der Waals surface area contributed by atoms with Crippen molar-refractivity contribution in [2.75, 3.05) is 33.4 Å². The van der Waals surface area contributed by atoms with Crippen LogP contribution in [0.4, 0.5) is 5.69 Å². The Morgan fingerprint density at radius 3 is 2.78 bits per heavy atom. The Morgan fingerprint density at radius 2 is 2.13 bits per heavy atom. The average Bonchev–Trinajstić information content (AvgIpc) is 2.75. The van der Waals surface area contributed by atoms with Gasteiger partial charge in [-0.2, -0.15) is 0 Å². The third-order valence-electron chi connectivity index (χ3n) is 4.42. The number of nitro groups is 1. The van der Waals surface area contributed by atoms with Crippen molar-refractivity contribution in [3.8, 4) is 0 Å². The van der Waals surface area contributed by atoms with Crippen LogP contribution in [0.1, 0.15) is 17.5 Å². The van der Waals surface area contributed by atoms with Gasteiger partial charge >= 0.3 is 0 Å². The van der Waals surface area contributed by atoms with Gasteiger partial charge in [0.1, 0.15) is 5.76 Å². The van der Waals surface area contributed by atoms with E-state index in [0.29, 0.717) is 10.8 Å². The molecule has 124 valence electrons. The van der Waals surface area contributed by atoms with Crippen LogP contribution < -0.4 is 0 Å². The fraction of sp³-hybridized carbons (Fsp3) is 0.500. The Kier molecular flexibility index (Phi) is 4.84. The minimum absolute atomic E-state index is 0.0125. The normalized spacial score (nSPS) is 22.0. The number of halogens is 1. The molecule has 1 aliphatic carbocycles. The summed E-state index contributed by atoms with van der Waals surface area (Å²) in [5, 5.41) is 11.5. The standard InChI is InChI=1S/C16H19ClN2O4/c1-22-16-10-11(18-4-6-23-7-5-18)2-3-13-14(16)8-12(19(20)21)9-15(13)17/h8-11H,2-7H2,1H3/t11-/m0/s1. The van der Waals surface area contributed by atoms with Crippen molar-refractivity contribution in [2.24, 2.45) is 0 Å². The molecule has 7 heteroatoms. The van der Waals surface area contributed by atoms with Crippen molar-refractivity contribution in [2.45, 2.75) is 18.9 Å². The summed E-state index contributed by atoms with van der Waals surface area (Å²) in [6.45, 7) is 3.21. The molecule has 0 spiro atoms. The zero-order valence-corrected chi connectivity index (χ0v) is 13.7. The van der Waals surface area contributed by atoms with Gasteiger partial charge in [0.25, 0.3) is 5.69 Å². The molecule has 0 amide bonds. The van der Waals surface area contributed by atoms with Crippen molar-refractivity contribution in [1.29, 1.82) is 0 Å². The number of benzene rings is 1. The summed E-state index contributed by atoms with van der Waals surface area (Å²) in [4.78, 5) is 13.0. The molecule has 1 saturated heterocycles. The summed E-state index contributed by atoms with van der Waals surface area (Å²) in [5.41, 5.74) is 1.63. The number of nitrogens with zero attached hydrogens (tertiary/aromatic N) is 2. The van der Waals surface area contributed by atoms with Gasteiger partial charge in [0.2, 0.25) is 0 Å². The molecule has 0 radical (unpaired) electrons. The first kappa shape index (κ1) is 16.2. The highest BCUT2D eigenvalue weighted by atomic mass is 35.5. The highest BCUT2D eigenvalue weighted by Gasteiger charge is 2.27. The van der Waals surface area contributed by atoms with E-state index in [4.69, 9.17) is 21.1 Å². The maximum atomic E-state index is 11.1. The van der Waals surface area contributed by atoms with Crippen LogP contribution >= 0.6 is 11.6 Å². The molecule has 0 saturated carbocycles. The first-order valence-corrected chi connectivity index (χ1v) is 8.02. The van der Waals surface area contributed by atoms with Crippen LogP contribution in [0.5, 0.6) is 0 Å². The number of ether oxygens (including phenoxy) is 2. The molecule has 1 heterocycles. The monoisotopic (exact) mass is 338 g/mol. The van der Waals surface area contributed by atoms with Crippen LogP contribution in [0.25, 0.3) is 5.76 Å². The summed E-state index contributed by atoms with van der Waals surface area (Å²) in [7, 11) is 1.59. The summed E-state index contributed by atoms with van der Waals surface area (Å²) in [6.07, 6.45) is 3.71.